The van der Waals surface area contributed by atoms with Gasteiger partial charge in [-0.1, -0.05) is 50.2 Å². The molecular weight excluding hydrogens is 360 g/mol. The fourth-order valence-electron chi connectivity index (χ4n) is 3.59. The van der Waals surface area contributed by atoms with Gasteiger partial charge in [0.1, 0.15) is 4.83 Å². The molecule has 0 bridgehead atoms. The summed E-state index contributed by atoms with van der Waals surface area (Å²) < 4.78 is 1.83. The third-order valence-corrected chi connectivity index (χ3v) is 7.25. The van der Waals surface area contributed by atoms with Gasteiger partial charge >= 0.3 is 0 Å². The molecule has 2 aromatic heterocycles. The maximum Gasteiger partial charge on any atom is 0.267 e. The van der Waals surface area contributed by atoms with Crippen LogP contribution in [-0.2, 0) is 12.8 Å². The summed E-state index contributed by atoms with van der Waals surface area (Å²) in [6.45, 7) is 4.47. The van der Waals surface area contributed by atoms with Gasteiger partial charge < -0.3 is 0 Å². The number of unbranched alkanes of at least 4 members (excludes halogenated alkanes) is 1. The highest BCUT2D eigenvalue weighted by molar-refractivity contribution is 7.99. The van der Waals surface area contributed by atoms with Gasteiger partial charge in [-0.25, -0.2) is 4.98 Å². The van der Waals surface area contributed by atoms with Crippen molar-refractivity contribution in [2.75, 3.05) is 5.75 Å². The van der Waals surface area contributed by atoms with Crippen LogP contribution in [0.1, 0.15) is 43.6 Å². The molecule has 1 aromatic carbocycles. The second kappa shape index (κ2) is 7.57. The van der Waals surface area contributed by atoms with Crippen molar-refractivity contribution in [3.8, 4) is 5.69 Å². The number of thioether (sulfide) groups is 1. The zero-order valence-corrected chi connectivity index (χ0v) is 17.0. The van der Waals surface area contributed by atoms with Crippen LogP contribution in [0.15, 0.2) is 40.3 Å². The van der Waals surface area contributed by atoms with Crippen LogP contribution < -0.4 is 5.56 Å². The number of rotatable bonds is 5. The summed E-state index contributed by atoms with van der Waals surface area (Å²) in [5.74, 6) is 1.63. The van der Waals surface area contributed by atoms with E-state index in [1.165, 1.54) is 16.9 Å². The standard InChI is InChI=1S/C21H24N2OS2/c1-3-4-12-25-21-22-19-18(16-13-14(2)10-11-17(16)26-19)20(24)23(21)15-8-6-5-7-9-15/h5-9,14H,3-4,10-13H2,1-2H3/t14-/m0/s1. The van der Waals surface area contributed by atoms with Gasteiger partial charge in [0.15, 0.2) is 5.16 Å². The zero-order chi connectivity index (χ0) is 18.1. The van der Waals surface area contributed by atoms with E-state index in [0.29, 0.717) is 5.92 Å². The van der Waals surface area contributed by atoms with Gasteiger partial charge in [0.05, 0.1) is 11.1 Å². The Morgan fingerprint density at radius 1 is 1.31 bits per heavy atom. The Balaban J connectivity index is 1.93. The number of fused-ring (bicyclic) bond motifs is 3. The number of nitrogens with zero attached hydrogens (tertiary/aromatic N) is 2. The van der Waals surface area contributed by atoms with E-state index in [0.717, 1.165) is 52.5 Å². The monoisotopic (exact) mass is 384 g/mol. The van der Waals surface area contributed by atoms with Crippen LogP contribution in [0.3, 0.4) is 0 Å². The zero-order valence-electron chi connectivity index (χ0n) is 15.3. The van der Waals surface area contributed by atoms with Crippen molar-refractivity contribution < 1.29 is 0 Å². The Kier molecular flexibility index (Phi) is 5.18. The molecule has 0 unspecified atom stereocenters. The summed E-state index contributed by atoms with van der Waals surface area (Å²) in [5, 5.41) is 1.69. The normalized spacial score (nSPS) is 16.8. The third-order valence-electron chi connectivity index (χ3n) is 5.04. The van der Waals surface area contributed by atoms with Gasteiger partial charge in [0, 0.05) is 10.6 Å². The SMILES string of the molecule is CCCCSc1nc2sc3c(c2c(=O)n1-c1ccccc1)C[C@@H](C)CC3. The maximum atomic E-state index is 13.5. The smallest absolute Gasteiger partial charge is 0.267 e. The summed E-state index contributed by atoms with van der Waals surface area (Å²) in [7, 11) is 0. The van der Waals surface area contributed by atoms with Crippen molar-refractivity contribution >= 4 is 33.3 Å². The average Bonchev–Trinajstić information content (AvgIpc) is 3.00. The molecule has 0 fully saturated rings. The fraction of sp³-hybridized carbons (Fsp3) is 0.429. The summed E-state index contributed by atoms with van der Waals surface area (Å²) in [4.78, 5) is 20.8. The molecule has 1 aliphatic carbocycles. The van der Waals surface area contributed by atoms with E-state index in [4.69, 9.17) is 4.98 Å². The highest BCUT2D eigenvalue weighted by Gasteiger charge is 2.25. The fourth-order valence-corrected chi connectivity index (χ4v) is 5.94. The highest BCUT2D eigenvalue weighted by Crippen LogP contribution is 2.37. The van der Waals surface area contributed by atoms with Crippen molar-refractivity contribution in [1.29, 1.82) is 0 Å². The van der Waals surface area contributed by atoms with Crippen molar-refractivity contribution in [3.63, 3.8) is 0 Å². The number of hydrogen-bond donors (Lipinski definition) is 0. The van der Waals surface area contributed by atoms with Crippen molar-refractivity contribution in [3.05, 3.63) is 51.1 Å². The maximum absolute atomic E-state index is 13.5. The predicted molar refractivity (Wildman–Crippen MR) is 112 cm³/mol. The summed E-state index contributed by atoms with van der Waals surface area (Å²) in [5.41, 5.74) is 2.28. The Hall–Kier alpha value is -1.59. The quantitative estimate of drug-likeness (QED) is 0.333. The number of benzene rings is 1. The van der Waals surface area contributed by atoms with Crippen molar-refractivity contribution in [2.24, 2.45) is 5.92 Å². The van der Waals surface area contributed by atoms with Crippen LogP contribution in [0.2, 0.25) is 0 Å². The van der Waals surface area contributed by atoms with Crippen LogP contribution in [0.4, 0.5) is 0 Å². The lowest BCUT2D eigenvalue weighted by atomic mass is 9.89. The number of aromatic nitrogens is 2. The molecule has 0 spiro atoms. The summed E-state index contributed by atoms with van der Waals surface area (Å²) >= 11 is 3.44. The number of para-hydroxylation sites is 1. The van der Waals surface area contributed by atoms with Crippen molar-refractivity contribution in [1.82, 2.24) is 9.55 Å². The number of aryl methyl sites for hydroxylation is 1. The van der Waals surface area contributed by atoms with Crippen LogP contribution in [0, 0.1) is 5.92 Å². The molecule has 5 heteroatoms. The predicted octanol–water partition coefficient (Wildman–Crippen LogP) is 5.46. The molecule has 2 heterocycles. The molecule has 136 valence electrons. The number of hydrogen-bond acceptors (Lipinski definition) is 4. The van der Waals surface area contributed by atoms with Gasteiger partial charge in [-0.3, -0.25) is 9.36 Å². The minimum atomic E-state index is 0.104. The second-order valence-electron chi connectivity index (χ2n) is 7.10. The van der Waals surface area contributed by atoms with E-state index in [1.54, 1.807) is 23.1 Å². The molecule has 0 amide bonds. The van der Waals surface area contributed by atoms with E-state index in [2.05, 4.69) is 13.8 Å². The minimum Gasteiger partial charge on any atom is -0.268 e. The van der Waals surface area contributed by atoms with Crippen LogP contribution in [0.5, 0.6) is 0 Å². The molecule has 26 heavy (non-hydrogen) atoms. The van der Waals surface area contributed by atoms with Gasteiger partial charge in [-0.2, -0.15) is 0 Å². The lowest BCUT2D eigenvalue weighted by Crippen LogP contribution is -2.22. The molecule has 0 saturated carbocycles. The Labute approximate surface area is 162 Å². The Morgan fingerprint density at radius 2 is 2.12 bits per heavy atom. The first-order valence-electron chi connectivity index (χ1n) is 9.44. The van der Waals surface area contributed by atoms with Crippen LogP contribution >= 0.6 is 23.1 Å². The molecule has 0 N–H and O–H groups in total. The van der Waals surface area contributed by atoms with Gasteiger partial charge in [0.25, 0.3) is 5.56 Å². The summed E-state index contributed by atoms with van der Waals surface area (Å²) in [6, 6.07) is 9.95. The van der Waals surface area contributed by atoms with Crippen molar-refractivity contribution in [2.45, 2.75) is 51.1 Å². The minimum absolute atomic E-state index is 0.104. The lowest BCUT2D eigenvalue weighted by Gasteiger charge is -2.18. The summed E-state index contributed by atoms with van der Waals surface area (Å²) in [6.07, 6.45) is 5.58. The highest BCUT2D eigenvalue weighted by atomic mass is 32.2. The van der Waals surface area contributed by atoms with E-state index < -0.39 is 0 Å². The number of thiophene rings is 1. The molecule has 1 atom stereocenters. The largest absolute Gasteiger partial charge is 0.268 e. The average molecular weight is 385 g/mol. The molecule has 4 rings (SSSR count). The van der Waals surface area contributed by atoms with Gasteiger partial charge in [-0.05, 0) is 49.3 Å². The Morgan fingerprint density at radius 3 is 2.88 bits per heavy atom. The molecule has 3 nitrogen and oxygen atoms in total. The molecule has 0 radical (unpaired) electrons. The van der Waals surface area contributed by atoms with Crippen LogP contribution in [-0.4, -0.2) is 15.3 Å². The first kappa shape index (κ1) is 17.8. The van der Waals surface area contributed by atoms with Gasteiger partial charge in [-0.15, -0.1) is 11.3 Å². The second-order valence-corrected chi connectivity index (χ2v) is 9.25. The molecule has 3 aromatic rings. The van der Waals surface area contributed by atoms with Crippen LogP contribution in [0.25, 0.3) is 15.9 Å². The third kappa shape index (κ3) is 3.23. The van der Waals surface area contributed by atoms with E-state index in [1.807, 2.05) is 34.9 Å². The molecule has 1 aliphatic rings. The topological polar surface area (TPSA) is 34.9 Å². The van der Waals surface area contributed by atoms with Gasteiger partial charge in [0.2, 0.25) is 0 Å². The molecule has 0 saturated heterocycles. The first-order chi connectivity index (χ1) is 12.7. The lowest BCUT2D eigenvalue weighted by molar-refractivity contribution is 0.508. The van der Waals surface area contributed by atoms with E-state index in [9.17, 15) is 4.79 Å². The molecule has 0 aliphatic heterocycles. The van der Waals surface area contributed by atoms with E-state index in [-0.39, 0.29) is 5.56 Å². The van der Waals surface area contributed by atoms with E-state index >= 15 is 0 Å². The Bertz CT molecular complexity index is 975. The first-order valence-corrected chi connectivity index (χ1v) is 11.2. The molecular formula is C21H24N2OS2.